The van der Waals surface area contributed by atoms with Crippen LogP contribution in [0.5, 0.6) is 5.75 Å². The average molecular weight is 334 g/mol. The first-order chi connectivity index (χ1) is 11.5. The van der Waals surface area contributed by atoms with Gasteiger partial charge in [-0.05, 0) is 57.1 Å². The molecule has 5 nitrogen and oxygen atoms in total. The van der Waals surface area contributed by atoms with Gasteiger partial charge in [-0.1, -0.05) is 18.2 Å². The van der Waals surface area contributed by atoms with Crippen molar-refractivity contribution in [3.8, 4) is 5.75 Å². The van der Waals surface area contributed by atoms with Crippen LogP contribution in [0.1, 0.15) is 38.2 Å². The number of urea groups is 1. The Morgan fingerprint density at radius 1 is 1.33 bits per heavy atom. The van der Waals surface area contributed by atoms with Gasteiger partial charge in [0.15, 0.2) is 0 Å². The van der Waals surface area contributed by atoms with Crippen molar-refractivity contribution in [1.82, 2.24) is 10.2 Å². The lowest BCUT2D eigenvalue weighted by molar-refractivity contribution is 0.131. The van der Waals surface area contributed by atoms with Crippen LogP contribution >= 0.6 is 0 Å². The number of carbonyl (C=O) groups is 1. The molecule has 1 unspecified atom stereocenters. The Hall–Kier alpha value is -1.75. The van der Waals surface area contributed by atoms with Gasteiger partial charge in [0.2, 0.25) is 0 Å². The van der Waals surface area contributed by atoms with Crippen molar-refractivity contribution in [3.05, 3.63) is 29.8 Å². The van der Waals surface area contributed by atoms with Crippen LogP contribution in [0.4, 0.5) is 4.79 Å². The molecule has 2 N–H and O–H groups in total. The maximum Gasteiger partial charge on any atom is 0.317 e. The zero-order chi connectivity index (χ0) is 17.5. The summed E-state index contributed by atoms with van der Waals surface area (Å²) in [7, 11) is 1.85. The Balaban J connectivity index is 1.75. The molecule has 5 heteroatoms. The van der Waals surface area contributed by atoms with Crippen molar-refractivity contribution >= 4 is 6.03 Å². The minimum absolute atomic E-state index is 0.0531. The van der Waals surface area contributed by atoms with Gasteiger partial charge in [0.05, 0.1) is 6.54 Å². The molecule has 24 heavy (non-hydrogen) atoms. The number of aryl methyl sites for hydroxylation is 1. The molecular weight excluding hydrogens is 304 g/mol. The second-order valence-corrected chi connectivity index (χ2v) is 6.85. The van der Waals surface area contributed by atoms with E-state index in [0.717, 1.165) is 37.0 Å². The van der Waals surface area contributed by atoms with E-state index in [-0.39, 0.29) is 24.8 Å². The second-order valence-electron chi connectivity index (χ2n) is 6.85. The Labute approximate surface area is 145 Å². The number of ether oxygens (including phenoxy) is 1. The van der Waals surface area contributed by atoms with E-state index in [9.17, 15) is 9.90 Å². The van der Waals surface area contributed by atoms with Crippen LogP contribution in [-0.4, -0.2) is 48.4 Å². The summed E-state index contributed by atoms with van der Waals surface area (Å²) < 4.78 is 5.89. The Morgan fingerprint density at radius 2 is 2.00 bits per heavy atom. The number of para-hydroxylation sites is 1. The highest BCUT2D eigenvalue weighted by atomic mass is 16.5. The number of hydrogen-bond acceptors (Lipinski definition) is 3. The molecule has 2 amide bonds. The lowest BCUT2D eigenvalue weighted by atomic mass is 9.86. The van der Waals surface area contributed by atoms with Gasteiger partial charge in [0.25, 0.3) is 0 Å². The molecule has 0 heterocycles. The van der Waals surface area contributed by atoms with E-state index in [4.69, 9.17) is 4.74 Å². The summed E-state index contributed by atoms with van der Waals surface area (Å²) in [6.45, 7) is 4.70. The van der Waals surface area contributed by atoms with Crippen LogP contribution in [0, 0.1) is 12.8 Å². The molecule has 1 aromatic rings. The molecule has 0 bridgehead atoms. The number of nitrogens with one attached hydrogen (secondary N) is 1. The van der Waals surface area contributed by atoms with Gasteiger partial charge in [0, 0.05) is 19.7 Å². The second kappa shape index (κ2) is 8.92. The van der Waals surface area contributed by atoms with E-state index in [0.29, 0.717) is 12.5 Å². The van der Waals surface area contributed by atoms with Crippen LogP contribution in [-0.2, 0) is 0 Å². The Morgan fingerprint density at radius 3 is 2.62 bits per heavy atom. The highest BCUT2D eigenvalue weighted by Crippen LogP contribution is 2.26. The predicted octanol–water partition coefficient (Wildman–Crippen LogP) is 2.95. The zero-order valence-electron chi connectivity index (χ0n) is 15.0. The normalized spacial score (nSPS) is 21.8. The first kappa shape index (κ1) is 18.6. The number of hydrogen-bond donors (Lipinski definition) is 2. The summed E-state index contributed by atoms with van der Waals surface area (Å²) in [4.78, 5) is 14.1. The number of nitrogens with zero attached hydrogens (tertiary/aromatic N) is 1. The van der Waals surface area contributed by atoms with E-state index in [2.05, 4.69) is 5.32 Å². The minimum atomic E-state index is -0.0893. The summed E-state index contributed by atoms with van der Waals surface area (Å²) >= 11 is 0. The maximum atomic E-state index is 12.3. The molecule has 0 saturated heterocycles. The molecule has 1 fully saturated rings. The molecule has 1 aliphatic rings. The maximum absolute atomic E-state index is 12.3. The molecule has 0 spiro atoms. The van der Waals surface area contributed by atoms with E-state index in [1.165, 1.54) is 0 Å². The summed E-state index contributed by atoms with van der Waals surface area (Å²) in [5.41, 5.74) is 1.09. The highest BCUT2D eigenvalue weighted by Gasteiger charge is 2.26. The van der Waals surface area contributed by atoms with E-state index < -0.39 is 0 Å². The summed E-state index contributed by atoms with van der Waals surface area (Å²) in [6, 6.07) is 8.10. The molecule has 0 aromatic heterocycles. The number of aliphatic hydroxyl groups excluding tert-OH is 1. The Kier molecular flexibility index (Phi) is 6.91. The fourth-order valence-corrected chi connectivity index (χ4v) is 3.18. The van der Waals surface area contributed by atoms with Gasteiger partial charge in [-0.15, -0.1) is 0 Å². The first-order valence-corrected chi connectivity index (χ1v) is 8.85. The molecule has 1 aliphatic carbocycles. The Bertz CT molecular complexity index is 527. The third kappa shape index (κ3) is 5.13. The van der Waals surface area contributed by atoms with E-state index in [1.807, 2.05) is 45.2 Å². The van der Waals surface area contributed by atoms with Crippen LogP contribution in [0.3, 0.4) is 0 Å². The van der Waals surface area contributed by atoms with E-state index in [1.54, 1.807) is 4.90 Å². The van der Waals surface area contributed by atoms with Gasteiger partial charge in [-0.2, -0.15) is 0 Å². The smallest absolute Gasteiger partial charge is 0.317 e. The van der Waals surface area contributed by atoms with Crippen LogP contribution in [0.15, 0.2) is 24.3 Å². The third-order valence-corrected chi connectivity index (χ3v) is 4.91. The lowest BCUT2D eigenvalue weighted by Gasteiger charge is -2.34. The van der Waals surface area contributed by atoms with Gasteiger partial charge < -0.3 is 20.1 Å². The fourth-order valence-electron chi connectivity index (χ4n) is 3.18. The summed E-state index contributed by atoms with van der Waals surface area (Å²) in [6.07, 6.45) is 3.82. The predicted molar refractivity (Wildman–Crippen MR) is 95.3 cm³/mol. The first-order valence-electron chi connectivity index (χ1n) is 8.85. The molecule has 0 radical (unpaired) electrons. The molecule has 1 saturated carbocycles. The van der Waals surface area contributed by atoms with Gasteiger partial charge in [-0.3, -0.25) is 0 Å². The van der Waals surface area contributed by atoms with Crippen molar-refractivity contribution in [2.45, 2.75) is 51.7 Å². The zero-order valence-corrected chi connectivity index (χ0v) is 15.0. The molecule has 1 atom stereocenters. The number of aliphatic hydroxyl groups is 1. The van der Waals surface area contributed by atoms with Crippen molar-refractivity contribution in [1.29, 1.82) is 0 Å². The number of benzene rings is 1. The molecule has 2 rings (SSSR count). The van der Waals surface area contributed by atoms with Crippen molar-refractivity contribution in [2.24, 2.45) is 5.92 Å². The fraction of sp³-hybridized carbons (Fsp3) is 0.632. The van der Waals surface area contributed by atoms with Crippen LogP contribution < -0.4 is 10.1 Å². The number of rotatable bonds is 6. The topological polar surface area (TPSA) is 61.8 Å². The summed E-state index contributed by atoms with van der Waals surface area (Å²) in [5, 5.41) is 12.2. The largest absolute Gasteiger partial charge is 0.489 e. The van der Waals surface area contributed by atoms with Crippen molar-refractivity contribution < 1.29 is 14.6 Å². The van der Waals surface area contributed by atoms with Crippen molar-refractivity contribution in [2.75, 3.05) is 20.2 Å². The average Bonchev–Trinajstić information content (AvgIpc) is 2.61. The monoisotopic (exact) mass is 334 g/mol. The quantitative estimate of drug-likeness (QED) is 0.841. The molecular formula is C19H30N2O3. The third-order valence-electron chi connectivity index (χ3n) is 4.91. The standard InChI is InChI=1S/C19H30N2O3/c1-14-6-4-5-7-18(14)24-15(2)12-20-19(23)21(3)17-10-8-16(13-22)9-11-17/h4-7,15-17,22H,8-13H2,1-3H3,(H,20,23). The highest BCUT2D eigenvalue weighted by molar-refractivity contribution is 5.74. The van der Waals surface area contributed by atoms with Gasteiger partial charge in [0.1, 0.15) is 11.9 Å². The number of amides is 2. The van der Waals surface area contributed by atoms with Crippen LogP contribution in [0.2, 0.25) is 0 Å². The molecule has 134 valence electrons. The van der Waals surface area contributed by atoms with Gasteiger partial charge >= 0.3 is 6.03 Å². The van der Waals surface area contributed by atoms with Crippen LogP contribution in [0.25, 0.3) is 0 Å². The number of carbonyl (C=O) groups excluding carboxylic acids is 1. The van der Waals surface area contributed by atoms with Crippen molar-refractivity contribution in [3.63, 3.8) is 0 Å². The van der Waals surface area contributed by atoms with Gasteiger partial charge in [-0.25, -0.2) is 4.79 Å². The molecule has 0 aliphatic heterocycles. The molecule has 1 aromatic carbocycles. The minimum Gasteiger partial charge on any atom is -0.489 e. The van der Waals surface area contributed by atoms with E-state index >= 15 is 0 Å². The lowest BCUT2D eigenvalue weighted by Crippen LogP contribution is -2.47. The summed E-state index contributed by atoms with van der Waals surface area (Å²) in [5.74, 6) is 1.26. The SMILES string of the molecule is Cc1ccccc1OC(C)CNC(=O)N(C)C1CCC(CO)CC1.